The minimum Gasteiger partial charge on any atom is -0.366 e. The Morgan fingerprint density at radius 3 is 2.48 bits per heavy atom. The highest BCUT2D eigenvalue weighted by molar-refractivity contribution is 5.94. The van der Waals surface area contributed by atoms with E-state index in [1.54, 1.807) is 24.5 Å². The summed E-state index contributed by atoms with van der Waals surface area (Å²) >= 11 is 0. The Hall–Kier alpha value is -3.21. The Balaban J connectivity index is 1.67. The average molecular weight is 363 g/mol. The number of amides is 1. The molecule has 1 amide bonds. The van der Waals surface area contributed by atoms with Gasteiger partial charge >= 0.3 is 0 Å². The monoisotopic (exact) mass is 363 g/mol. The molecule has 2 aromatic carbocycles. The van der Waals surface area contributed by atoms with E-state index in [9.17, 15) is 9.18 Å². The van der Waals surface area contributed by atoms with Crippen molar-refractivity contribution in [3.63, 3.8) is 0 Å². The number of anilines is 1. The SMILES string of the molecule is CCN(Cc1ccccc1)c1cncc(C(=O)NCc2ccc(F)cc2)c1. The Labute approximate surface area is 158 Å². The molecule has 0 fully saturated rings. The summed E-state index contributed by atoms with van der Waals surface area (Å²) in [6.45, 7) is 3.96. The Kier molecular flexibility index (Phi) is 6.15. The maximum Gasteiger partial charge on any atom is 0.253 e. The predicted octanol–water partition coefficient (Wildman–Crippen LogP) is 4.18. The number of carbonyl (C=O) groups is 1. The number of nitrogens with one attached hydrogen (secondary N) is 1. The molecule has 0 aliphatic rings. The highest BCUT2D eigenvalue weighted by Crippen LogP contribution is 2.17. The van der Waals surface area contributed by atoms with Crippen molar-refractivity contribution in [3.8, 4) is 0 Å². The van der Waals surface area contributed by atoms with Crippen LogP contribution in [0.2, 0.25) is 0 Å². The van der Waals surface area contributed by atoms with Gasteiger partial charge < -0.3 is 10.2 Å². The summed E-state index contributed by atoms with van der Waals surface area (Å²) in [5.74, 6) is -0.496. The summed E-state index contributed by atoms with van der Waals surface area (Å²) in [6.07, 6.45) is 3.32. The van der Waals surface area contributed by atoms with E-state index in [1.807, 2.05) is 24.3 Å². The lowest BCUT2D eigenvalue weighted by atomic mass is 10.2. The van der Waals surface area contributed by atoms with Gasteiger partial charge in [-0.1, -0.05) is 42.5 Å². The fraction of sp³-hybridized carbons (Fsp3) is 0.182. The number of hydrogen-bond acceptors (Lipinski definition) is 3. The number of rotatable bonds is 7. The zero-order valence-electron chi connectivity index (χ0n) is 15.2. The first-order valence-electron chi connectivity index (χ1n) is 8.92. The van der Waals surface area contributed by atoms with Crippen LogP contribution in [-0.4, -0.2) is 17.4 Å². The maximum atomic E-state index is 13.0. The number of hydrogen-bond donors (Lipinski definition) is 1. The molecule has 138 valence electrons. The molecule has 0 saturated heterocycles. The molecule has 0 bridgehead atoms. The van der Waals surface area contributed by atoms with Gasteiger partial charge in [0.1, 0.15) is 5.82 Å². The lowest BCUT2D eigenvalue weighted by Crippen LogP contribution is -2.25. The largest absolute Gasteiger partial charge is 0.366 e. The maximum absolute atomic E-state index is 13.0. The number of carbonyl (C=O) groups excluding carboxylic acids is 1. The van der Waals surface area contributed by atoms with Crippen LogP contribution in [0.3, 0.4) is 0 Å². The predicted molar refractivity (Wildman–Crippen MR) is 105 cm³/mol. The highest BCUT2D eigenvalue weighted by atomic mass is 19.1. The quantitative estimate of drug-likeness (QED) is 0.685. The molecule has 0 spiro atoms. The molecule has 0 saturated carbocycles. The van der Waals surface area contributed by atoms with Crippen molar-refractivity contribution < 1.29 is 9.18 Å². The van der Waals surface area contributed by atoms with Crippen molar-refractivity contribution in [2.45, 2.75) is 20.0 Å². The molecule has 0 aliphatic carbocycles. The average Bonchev–Trinajstić information content (AvgIpc) is 2.72. The van der Waals surface area contributed by atoms with Crippen LogP contribution in [0.1, 0.15) is 28.4 Å². The lowest BCUT2D eigenvalue weighted by Gasteiger charge is -2.23. The van der Waals surface area contributed by atoms with Crippen LogP contribution >= 0.6 is 0 Å². The first kappa shape index (κ1) is 18.6. The van der Waals surface area contributed by atoms with Crippen LogP contribution in [-0.2, 0) is 13.1 Å². The van der Waals surface area contributed by atoms with E-state index in [1.165, 1.54) is 17.7 Å². The van der Waals surface area contributed by atoms with Crippen molar-refractivity contribution in [1.82, 2.24) is 10.3 Å². The molecule has 1 heterocycles. The Morgan fingerprint density at radius 1 is 1.04 bits per heavy atom. The molecule has 1 aromatic heterocycles. The standard InChI is InChI=1S/C22H22FN3O/c1-2-26(16-18-6-4-3-5-7-18)21-12-19(14-24-15-21)22(27)25-13-17-8-10-20(23)11-9-17/h3-12,14-15H,2,13,16H2,1H3,(H,25,27). The molecule has 4 nitrogen and oxygen atoms in total. The molecule has 27 heavy (non-hydrogen) atoms. The summed E-state index contributed by atoms with van der Waals surface area (Å²) in [4.78, 5) is 18.9. The van der Waals surface area contributed by atoms with Crippen molar-refractivity contribution in [2.75, 3.05) is 11.4 Å². The van der Waals surface area contributed by atoms with E-state index in [0.29, 0.717) is 12.1 Å². The van der Waals surface area contributed by atoms with Crippen LogP contribution in [0.4, 0.5) is 10.1 Å². The van der Waals surface area contributed by atoms with Gasteiger partial charge in [-0.25, -0.2) is 4.39 Å². The highest BCUT2D eigenvalue weighted by Gasteiger charge is 2.11. The summed E-state index contributed by atoms with van der Waals surface area (Å²) in [5.41, 5.74) is 3.44. The van der Waals surface area contributed by atoms with Crippen LogP contribution < -0.4 is 10.2 Å². The van der Waals surface area contributed by atoms with Gasteiger partial charge in [0.15, 0.2) is 0 Å². The van der Waals surface area contributed by atoms with E-state index >= 15 is 0 Å². The molecular formula is C22H22FN3O. The van der Waals surface area contributed by atoms with E-state index in [4.69, 9.17) is 0 Å². The molecule has 0 atom stereocenters. The topological polar surface area (TPSA) is 45.2 Å². The number of benzene rings is 2. The molecule has 0 radical (unpaired) electrons. The third-order valence-corrected chi connectivity index (χ3v) is 4.32. The first-order valence-corrected chi connectivity index (χ1v) is 8.92. The van der Waals surface area contributed by atoms with Crippen molar-refractivity contribution in [2.24, 2.45) is 0 Å². The third-order valence-electron chi connectivity index (χ3n) is 4.32. The van der Waals surface area contributed by atoms with Crippen LogP contribution in [0.25, 0.3) is 0 Å². The minimum atomic E-state index is -0.292. The molecule has 3 rings (SSSR count). The van der Waals surface area contributed by atoms with Crippen molar-refractivity contribution in [3.05, 3.63) is 95.6 Å². The number of aromatic nitrogens is 1. The molecule has 5 heteroatoms. The molecule has 3 aromatic rings. The van der Waals surface area contributed by atoms with Gasteiger partial charge in [-0.15, -0.1) is 0 Å². The lowest BCUT2D eigenvalue weighted by molar-refractivity contribution is 0.0950. The van der Waals surface area contributed by atoms with Crippen molar-refractivity contribution in [1.29, 1.82) is 0 Å². The van der Waals surface area contributed by atoms with Gasteiger partial charge in [0.05, 0.1) is 17.4 Å². The van der Waals surface area contributed by atoms with Crippen LogP contribution in [0, 0.1) is 5.82 Å². The summed E-state index contributed by atoms with van der Waals surface area (Å²) in [5, 5.41) is 2.85. The van der Waals surface area contributed by atoms with Gasteiger partial charge in [0, 0.05) is 25.8 Å². The number of nitrogens with zero attached hydrogens (tertiary/aromatic N) is 2. The van der Waals surface area contributed by atoms with Gasteiger partial charge in [-0.3, -0.25) is 9.78 Å². The number of halogens is 1. The number of pyridine rings is 1. The fourth-order valence-corrected chi connectivity index (χ4v) is 2.80. The van der Waals surface area contributed by atoms with Crippen molar-refractivity contribution >= 4 is 11.6 Å². The van der Waals surface area contributed by atoms with Gasteiger partial charge in [-0.2, -0.15) is 0 Å². The first-order chi connectivity index (χ1) is 13.2. The third kappa shape index (κ3) is 5.14. The molecular weight excluding hydrogens is 341 g/mol. The molecule has 1 N–H and O–H groups in total. The Bertz CT molecular complexity index is 882. The second-order valence-electron chi connectivity index (χ2n) is 6.24. The van der Waals surface area contributed by atoms with Gasteiger partial charge in [0.25, 0.3) is 5.91 Å². The van der Waals surface area contributed by atoms with Crippen LogP contribution in [0.15, 0.2) is 73.1 Å². The normalized spacial score (nSPS) is 10.4. The van der Waals surface area contributed by atoms with E-state index in [2.05, 4.69) is 34.3 Å². The zero-order chi connectivity index (χ0) is 19.1. The Morgan fingerprint density at radius 2 is 1.78 bits per heavy atom. The van der Waals surface area contributed by atoms with Crippen LogP contribution in [0.5, 0.6) is 0 Å². The molecule has 0 unspecified atom stereocenters. The van der Waals surface area contributed by atoms with Gasteiger partial charge in [0.2, 0.25) is 0 Å². The molecule has 0 aliphatic heterocycles. The van der Waals surface area contributed by atoms with E-state index < -0.39 is 0 Å². The second kappa shape index (κ2) is 8.94. The summed E-state index contributed by atoms with van der Waals surface area (Å²) < 4.78 is 13.0. The summed E-state index contributed by atoms with van der Waals surface area (Å²) in [7, 11) is 0. The smallest absolute Gasteiger partial charge is 0.253 e. The zero-order valence-corrected chi connectivity index (χ0v) is 15.2. The van der Waals surface area contributed by atoms with E-state index in [0.717, 1.165) is 24.3 Å². The minimum absolute atomic E-state index is 0.204. The fourth-order valence-electron chi connectivity index (χ4n) is 2.80. The van der Waals surface area contributed by atoms with Gasteiger partial charge in [-0.05, 0) is 36.2 Å². The second-order valence-corrected chi connectivity index (χ2v) is 6.24. The van der Waals surface area contributed by atoms with E-state index in [-0.39, 0.29) is 11.7 Å². The summed E-state index contributed by atoms with van der Waals surface area (Å²) in [6, 6.07) is 18.1.